The Morgan fingerprint density at radius 3 is 2.71 bits per heavy atom. The van der Waals surface area contributed by atoms with E-state index < -0.39 is 0 Å². The lowest BCUT2D eigenvalue weighted by atomic mass is 9.83. The van der Waals surface area contributed by atoms with Crippen LogP contribution in [0, 0.1) is 5.92 Å². The molecule has 0 aromatic carbocycles. The number of carbonyl (C=O) groups excluding carboxylic acids is 1. The van der Waals surface area contributed by atoms with Crippen molar-refractivity contribution in [2.75, 3.05) is 18.0 Å². The van der Waals surface area contributed by atoms with Gasteiger partial charge < -0.3 is 14.5 Å². The molecule has 0 spiro atoms. The molecule has 6 heteroatoms. The molecule has 130 valence electrons. The molecule has 3 fully saturated rings. The zero-order chi connectivity index (χ0) is 16.7. The molecule has 4 rings (SSSR count). The summed E-state index contributed by atoms with van der Waals surface area (Å²) < 4.78 is 5.84. The minimum absolute atomic E-state index is 0.0793. The first kappa shape index (κ1) is 15.7. The van der Waals surface area contributed by atoms with Gasteiger partial charge in [-0.2, -0.15) is 0 Å². The van der Waals surface area contributed by atoms with E-state index in [-0.39, 0.29) is 6.10 Å². The third-order valence-corrected chi connectivity index (χ3v) is 5.30. The number of aromatic nitrogens is 2. The zero-order valence-electron chi connectivity index (χ0n) is 14.5. The van der Waals surface area contributed by atoms with Crippen molar-refractivity contribution in [1.82, 2.24) is 14.9 Å². The Balaban J connectivity index is 1.52. The Labute approximate surface area is 143 Å². The summed E-state index contributed by atoms with van der Waals surface area (Å²) in [6.07, 6.45) is 8.58. The van der Waals surface area contributed by atoms with Crippen LogP contribution in [0.4, 0.5) is 5.82 Å². The molecule has 0 N–H and O–H groups in total. The molecule has 6 nitrogen and oxygen atoms in total. The summed E-state index contributed by atoms with van der Waals surface area (Å²) >= 11 is 0. The smallest absolute Gasteiger partial charge is 0.257 e. The van der Waals surface area contributed by atoms with Crippen LogP contribution in [0.5, 0.6) is 5.88 Å². The van der Waals surface area contributed by atoms with Crippen LogP contribution in [0.1, 0.15) is 46.0 Å². The van der Waals surface area contributed by atoms with Crippen molar-refractivity contribution < 1.29 is 9.53 Å². The Morgan fingerprint density at radius 1 is 1.17 bits per heavy atom. The minimum atomic E-state index is 0.0793. The van der Waals surface area contributed by atoms with Crippen molar-refractivity contribution in [3.63, 3.8) is 0 Å². The molecule has 0 bridgehead atoms. The van der Waals surface area contributed by atoms with Crippen molar-refractivity contribution in [3.8, 4) is 5.88 Å². The van der Waals surface area contributed by atoms with Crippen LogP contribution in [0.2, 0.25) is 0 Å². The van der Waals surface area contributed by atoms with Crippen LogP contribution in [-0.2, 0) is 4.79 Å². The van der Waals surface area contributed by atoms with Crippen molar-refractivity contribution in [3.05, 3.63) is 12.4 Å². The lowest BCUT2D eigenvalue weighted by molar-refractivity contribution is -0.140. The summed E-state index contributed by atoms with van der Waals surface area (Å²) in [7, 11) is 0. The van der Waals surface area contributed by atoms with Crippen LogP contribution in [-0.4, -0.2) is 52.1 Å². The molecule has 1 aliphatic carbocycles. The lowest BCUT2D eigenvalue weighted by Crippen LogP contribution is -2.57. The third-order valence-electron chi connectivity index (χ3n) is 5.30. The van der Waals surface area contributed by atoms with Crippen molar-refractivity contribution in [2.45, 2.75) is 64.1 Å². The molecule has 1 saturated carbocycles. The molecule has 24 heavy (non-hydrogen) atoms. The molecule has 1 aromatic rings. The molecule has 2 saturated heterocycles. The van der Waals surface area contributed by atoms with Gasteiger partial charge in [0.25, 0.3) is 5.88 Å². The zero-order valence-corrected chi connectivity index (χ0v) is 14.5. The summed E-state index contributed by atoms with van der Waals surface area (Å²) in [4.78, 5) is 25.7. The molecule has 1 amide bonds. The molecule has 3 heterocycles. The largest absolute Gasteiger partial charge is 0.472 e. The number of hydrogen-bond donors (Lipinski definition) is 0. The number of rotatable bonds is 4. The maximum atomic E-state index is 12.3. The fourth-order valence-electron chi connectivity index (χ4n) is 4.15. The first-order valence-electron chi connectivity index (χ1n) is 9.17. The molecular formula is C18H26N4O2. The molecular weight excluding hydrogens is 304 g/mol. The Hall–Kier alpha value is -1.85. The summed E-state index contributed by atoms with van der Waals surface area (Å²) in [5.41, 5.74) is 0. The van der Waals surface area contributed by atoms with Gasteiger partial charge in [-0.3, -0.25) is 4.79 Å². The highest BCUT2D eigenvalue weighted by Crippen LogP contribution is 2.40. The van der Waals surface area contributed by atoms with Crippen LogP contribution < -0.4 is 9.64 Å². The highest BCUT2D eigenvalue weighted by Gasteiger charge is 2.45. The predicted molar refractivity (Wildman–Crippen MR) is 91.0 cm³/mol. The van der Waals surface area contributed by atoms with Gasteiger partial charge >= 0.3 is 0 Å². The average Bonchev–Trinajstić information content (AvgIpc) is 3.39. The Kier molecular flexibility index (Phi) is 4.06. The highest BCUT2D eigenvalue weighted by molar-refractivity contribution is 5.78. The summed E-state index contributed by atoms with van der Waals surface area (Å²) in [6.45, 7) is 5.86. The molecule has 3 aliphatic rings. The highest BCUT2D eigenvalue weighted by atomic mass is 16.5. The number of likely N-dealkylation sites (tertiary alicyclic amines) is 1. The summed E-state index contributed by atoms with van der Waals surface area (Å²) in [5.74, 6) is 2.37. The van der Waals surface area contributed by atoms with Gasteiger partial charge in [0.1, 0.15) is 0 Å². The number of nitrogens with zero attached hydrogens (tertiary/aromatic N) is 4. The van der Waals surface area contributed by atoms with E-state index in [4.69, 9.17) is 4.74 Å². The van der Waals surface area contributed by atoms with Gasteiger partial charge in [0.15, 0.2) is 5.82 Å². The van der Waals surface area contributed by atoms with Gasteiger partial charge in [-0.25, -0.2) is 9.97 Å². The normalized spacial score (nSPS) is 27.4. The molecule has 1 aromatic heterocycles. The number of carbonyl (C=O) groups is 1. The molecule has 0 unspecified atom stereocenters. The van der Waals surface area contributed by atoms with E-state index in [2.05, 4.69) is 19.8 Å². The Morgan fingerprint density at radius 2 is 1.96 bits per heavy atom. The van der Waals surface area contributed by atoms with E-state index in [1.165, 1.54) is 12.8 Å². The molecule has 0 radical (unpaired) electrons. The number of piperidine rings is 2. The average molecular weight is 330 g/mol. The van der Waals surface area contributed by atoms with Crippen molar-refractivity contribution in [2.24, 2.45) is 5.92 Å². The van der Waals surface area contributed by atoms with Crippen LogP contribution in [0.25, 0.3) is 0 Å². The fourth-order valence-corrected chi connectivity index (χ4v) is 4.15. The Bertz CT molecular complexity index is 617. The van der Waals surface area contributed by atoms with Gasteiger partial charge in [0.2, 0.25) is 5.91 Å². The van der Waals surface area contributed by atoms with E-state index in [0.717, 1.165) is 31.7 Å². The standard InChI is InChI=1S/C18H26N4O2/c1-12(2)24-18-17(19-8-9-20-18)21-10-7-15-13(11-21)3-6-16(23)22(15)14-4-5-14/h8-9,12-15H,3-7,10-11H2,1-2H3/t13-,15-/m1/s1. The van der Waals surface area contributed by atoms with Gasteiger partial charge in [0, 0.05) is 44.0 Å². The van der Waals surface area contributed by atoms with Crippen LogP contribution in [0.15, 0.2) is 12.4 Å². The number of hydrogen-bond acceptors (Lipinski definition) is 5. The van der Waals surface area contributed by atoms with Crippen molar-refractivity contribution >= 4 is 11.7 Å². The van der Waals surface area contributed by atoms with Gasteiger partial charge in [0.05, 0.1) is 6.10 Å². The van der Waals surface area contributed by atoms with E-state index in [1.807, 2.05) is 13.8 Å². The summed E-state index contributed by atoms with van der Waals surface area (Å²) in [5, 5.41) is 0. The number of fused-ring (bicyclic) bond motifs is 1. The second kappa shape index (κ2) is 6.22. The second-order valence-electron chi connectivity index (χ2n) is 7.48. The van der Waals surface area contributed by atoms with E-state index >= 15 is 0 Å². The van der Waals surface area contributed by atoms with Crippen LogP contribution >= 0.6 is 0 Å². The topological polar surface area (TPSA) is 58.6 Å². The number of anilines is 1. The maximum absolute atomic E-state index is 12.3. The monoisotopic (exact) mass is 330 g/mol. The van der Waals surface area contributed by atoms with E-state index in [1.54, 1.807) is 12.4 Å². The molecule has 2 atom stereocenters. The molecule has 2 aliphatic heterocycles. The van der Waals surface area contributed by atoms with Crippen molar-refractivity contribution in [1.29, 1.82) is 0 Å². The fraction of sp³-hybridized carbons (Fsp3) is 0.722. The number of ether oxygens (including phenoxy) is 1. The third kappa shape index (κ3) is 2.94. The summed E-state index contributed by atoms with van der Waals surface area (Å²) in [6, 6.07) is 0.939. The SMILES string of the molecule is CC(C)Oc1nccnc1N1CC[C@@H]2[C@H](CCC(=O)N2C2CC2)C1. The second-order valence-corrected chi connectivity index (χ2v) is 7.48. The predicted octanol–water partition coefficient (Wildman–Crippen LogP) is 2.24. The van der Waals surface area contributed by atoms with Gasteiger partial charge in [-0.05, 0) is 45.4 Å². The first-order chi connectivity index (χ1) is 11.6. The first-order valence-corrected chi connectivity index (χ1v) is 9.17. The van der Waals surface area contributed by atoms with E-state index in [9.17, 15) is 4.79 Å². The lowest BCUT2D eigenvalue weighted by Gasteiger charge is -2.47. The van der Waals surface area contributed by atoms with Crippen LogP contribution in [0.3, 0.4) is 0 Å². The quantitative estimate of drug-likeness (QED) is 0.847. The van der Waals surface area contributed by atoms with Gasteiger partial charge in [-0.1, -0.05) is 0 Å². The number of amides is 1. The van der Waals surface area contributed by atoms with Gasteiger partial charge in [-0.15, -0.1) is 0 Å². The minimum Gasteiger partial charge on any atom is -0.472 e. The maximum Gasteiger partial charge on any atom is 0.257 e. The van der Waals surface area contributed by atoms with E-state index in [0.29, 0.717) is 36.2 Å².